The van der Waals surface area contributed by atoms with Gasteiger partial charge in [-0.1, -0.05) is 71.9 Å². The van der Waals surface area contributed by atoms with Crippen molar-refractivity contribution in [2.24, 2.45) is 28.6 Å². The molecule has 2 bridgehead atoms. The molecule has 0 radical (unpaired) electrons. The molecule has 4 unspecified atom stereocenters. The third kappa shape index (κ3) is 7.32. The van der Waals surface area contributed by atoms with Gasteiger partial charge in [-0.3, -0.25) is 4.79 Å². The lowest BCUT2D eigenvalue weighted by Gasteiger charge is -2.66. The van der Waals surface area contributed by atoms with Crippen molar-refractivity contribution >= 4 is 19.1 Å². The Balaban J connectivity index is 1.73. The van der Waals surface area contributed by atoms with Gasteiger partial charge in [0.25, 0.3) is 0 Å². The first-order valence-corrected chi connectivity index (χ1v) is 14.2. The maximum Gasteiger partial charge on any atom is 0.478 e. The Morgan fingerprint density at radius 2 is 1.68 bits per heavy atom. The summed E-state index contributed by atoms with van der Waals surface area (Å²) in [5, 5.41) is 17.0. The summed E-state index contributed by atoms with van der Waals surface area (Å²) in [5.74, 6) is 0.362. The monoisotopic (exact) mass is 528 g/mol. The molecule has 2 amide bonds. The van der Waals surface area contributed by atoms with Crippen LogP contribution in [-0.2, 0) is 20.6 Å². The van der Waals surface area contributed by atoms with Gasteiger partial charge >= 0.3 is 13.2 Å². The molecule has 4 rings (SSSR count). The molecule has 3 N–H and O–H groups in total. The van der Waals surface area contributed by atoms with Crippen molar-refractivity contribution in [3.8, 4) is 0 Å². The second-order valence-corrected chi connectivity index (χ2v) is 14.0. The lowest BCUT2D eigenvalue weighted by atomic mass is 9.40. The Bertz CT molecular complexity index is 959. The van der Waals surface area contributed by atoms with Crippen LogP contribution in [0.15, 0.2) is 30.3 Å². The molecule has 0 heterocycles. The molecular weight excluding hydrogens is 479 g/mol. The van der Waals surface area contributed by atoms with Gasteiger partial charge in [0.05, 0.1) is 5.94 Å². The normalized spacial score (nSPS) is 25.1. The summed E-state index contributed by atoms with van der Waals surface area (Å²) in [6, 6.07) is 8.67. The Morgan fingerprint density at radius 3 is 2.21 bits per heavy atom. The molecule has 0 aromatic heterocycles. The molecule has 1 aromatic carbocycles. The fraction of sp³-hybridized carbons (Fsp3) is 0.733. The van der Waals surface area contributed by atoms with Gasteiger partial charge in [-0.25, -0.2) is 4.79 Å². The van der Waals surface area contributed by atoms with Crippen LogP contribution in [0, 0.1) is 28.6 Å². The number of rotatable bonds is 10. The van der Waals surface area contributed by atoms with Crippen LogP contribution in [0.4, 0.5) is 4.79 Å². The van der Waals surface area contributed by atoms with E-state index >= 15 is 0 Å². The summed E-state index contributed by atoms with van der Waals surface area (Å²) in [5.41, 5.74) is 0.438. The van der Waals surface area contributed by atoms with Crippen LogP contribution in [0.25, 0.3) is 0 Å². The van der Waals surface area contributed by atoms with Gasteiger partial charge in [-0.15, -0.1) is 0 Å². The number of ether oxygens (including phenoxy) is 1. The van der Waals surface area contributed by atoms with Gasteiger partial charge in [0.15, 0.2) is 0 Å². The first-order valence-electron chi connectivity index (χ1n) is 14.2. The Morgan fingerprint density at radius 1 is 1.05 bits per heavy atom. The highest BCUT2D eigenvalue weighted by atomic mass is 16.6. The number of amides is 2. The molecular formula is C30H49BN2O5. The number of benzene rings is 1. The van der Waals surface area contributed by atoms with Gasteiger partial charge in [0.1, 0.15) is 11.6 Å². The van der Waals surface area contributed by atoms with Crippen molar-refractivity contribution in [2.45, 2.75) is 112 Å². The van der Waals surface area contributed by atoms with E-state index < -0.39 is 30.8 Å². The van der Waals surface area contributed by atoms with E-state index in [4.69, 9.17) is 9.39 Å². The van der Waals surface area contributed by atoms with E-state index in [0.29, 0.717) is 24.7 Å². The first kappa shape index (κ1) is 30.5. The molecule has 3 fully saturated rings. The molecule has 3 aliphatic rings. The zero-order valence-corrected chi connectivity index (χ0v) is 24.8. The van der Waals surface area contributed by atoms with E-state index in [1.807, 2.05) is 30.3 Å². The third-order valence-corrected chi connectivity index (χ3v) is 8.69. The van der Waals surface area contributed by atoms with Crippen LogP contribution in [0.5, 0.6) is 0 Å². The highest BCUT2D eigenvalue weighted by Crippen LogP contribution is 2.66. The van der Waals surface area contributed by atoms with Crippen LogP contribution in [-0.4, -0.2) is 47.8 Å². The number of nitrogens with one attached hydrogen (secondary N) is 2. The topological polar surface area (TPSA) is 96.9 Å². The lowest BCUT2D eigenvalue weighted by Crippen LogP contribution is -2.64. The quantitative estimate of drug-likeness (QED) is 0.365. The summed E-state index contributed by atoms with van der Waals surface area (Å²) in [6.45, 7) is 18.6. The number of fused-ring (bicyclic) bond motifs is 2. The molecule has 8 heteroatoms. The fourth-order valence-corrected chi connectivity index (χ4v) is 6.51. The van der Waals surface area contributed by atoms with Crippen LogP contribution >= 0.6 is 0 Å². The molecule has 1 aromatic rings. The average Bonchev–Trinajstić information content (AvgIpc) is 2.77. The summed E-state index contributed by atoms with van der Waals surface area (Å²) >= 11 is 0. The molecule has 38 heavy (non-hydrogen) atoms. The van der Waals surface area contributed by atoms with Crippen molar-refractivity contribution < 1.29 is 24.0 Å². The second-order valence-electron chi connectivity index (χ2n) is 14.0. The molecule has 5 atom stereocenters. The maximum atomic E-state index is 13.6. The Kier molecular flexibility index (Phi) is 9.30. The van der Waals surface area contributed by atoms with E-state index in [2.05, 4.69) is 52.2 Å². The molecule has 3 saturated carbocycles. The largest absolute Gasteiger partial charge is 0.478 e. The van der Waals surface area contributed by atoms with Gasteiger partial charge in [-0.2, -0.15) is 0 Å². The summed E-state index contributed by atoms with van der Waals surface area (Å²) in [4.78, 5) is 26.2. The van der Waals surface area contributed by atoms with Gasteiger partial charge in [0.2, 0.25) is 5.91 Å². The Labute approximate surface area is 230 Å². The van der Waals surface area contributed by atoms with Crippen molar-refractivity contribution in [1.82, 2.24) is 10.6 Å². The number of hydrogen-bond acceptors (Lipinski definition) is 5. The van der Waals surface area contributed by atoms with Crippen LogP contribution in [0.1, 0.15) is 87.1 Å². The molecule has 212 valence electrons. The van der Waals surface area contributed by atoms with E-state index in [1.165, 1.54) is 6.42 Å². The van der Waals surface area contributed by atoms with Gasteiger partial charge in [-0.05, 0) is 74.2 Å². The molecule has 0 aliphatic heterocycles. The Hall–Kier alpha value is -2.06. The van der Waals surface area contributed by atoms with Crippen LogP contribution < -0.4 is 10.6 Å². The van der Waals surface area contributed by atoms with E-state index in [9.17, 15) is 14.6 Å². The summed E-state index contributed by atoms with van der Waals surface area (Å²) < 4.78 is 11.8. The summed E-state index contributed by atoms with van der Waals surface area (Å²) in [7, 11) is -1.15. The van der Waals surface area contributed by atoms with Crippen molar-refractivity contribution in [3.05, 3.63) is 35.9 Å². The second kappa shape index (κ2) is 11.6. The van der Waals surface area contributed by atoms with E-state index in [-0.39, 0.29) is 28.8 Å². The number of carbonyl (C=O) groups excluding carboxylic acids is 2. The van der Waals surface area contributed by atoms with Crippen molar-refractivity contribution in [2.75, 3.05) is 0 Å². The van der Waals surface area contributed by atoms with Gasteiger partial charge < -0.3 is 25.0 Å². The number of alkyl carbamates (subject to hydrolysis) is 1. The minimum Gasteiger partial charge on any atom is -0.444 e. The summed E-state index contributed by atoms with van der Waals surface area (Å²) in [6.07, 6.45) is 2.22. The third-order valence-electron chi connectivity index (χ3n) is 8.69. The molecule has 0 saturated heterocycles. The standard InChI is InChI=1S/C30H49BN2O5/c1-19(2)15-25(31(36)38-24-18-21-17-23(29(21,6)7)30(24,8)9)33-26(34)22(16-20-13-11-10-12-14-20)32-27(35)37-28(3,4)5/h10-14,19,21-25,36H,15-18H2,1-9H3,(H,32,35)(H,33,34)/t21?,22-,23?,24?,25?/m0/s1. The highest BCUT2D eigenvalue weighted by Gasteiger charge is 2.62. The minimum absolute atomic E-state index is 0.0697. The van der Waals surface area contributed by atoms with Crippen LogP contribution in [0.2, 0.25) is 0 Å². The molecule has 3 aliphatic carbocycles. The molecule has 7 nitrogen and oxygen atoms in total. The fourth-order valence-electron chi connectivity index (χ4n) is 6.51. The average molecular weight is 529 g/mol. The zero-order chi connectivity index (χ0) is 28.5. The smallest absolute Gasteiger partial charge is 0.444 e. The van der Waals surface area contributed by atoms with Gasteiger partial charge in [0, 0.05) is 12.5 Å². The van der Waals surface area contributed by atoms with E-state index in [1.54, 1.807) is 20.8 Å². The van der Waals surface area contributed by atoms with Crippen LogP contribution in [0.3, 0.4) is 0 Å². The predicted octanol–water partition coefficient (Wildman–Crippen LogP) is 5.15. The SMILES string of the molecule is CC(C)CC(NC(=O)[C@H](Cc1ccccc1)NC(=O)OC(C)(C)C)B(O)OC1CC2CC(C2(C)C)C1(C)C. The minimum atomic E-state index is -1.15. The maximum absolute atomic E-state index is 13.6. The molecule has 0 spiro atoms. The van der Waals surface area contributed by atoms with E-state index in [0.717, 1.165) is 12.0 Å². The van der Waals surface area contributed by atoms with Crippen molar-refractivity contribution in [3.63, 3.8) is 0 Å². The predicted molar refractivity (Wildman–Crippen MR) is 151 cm³/mol. The number of carbonyl (C=O) groups is 2. The number of hydrogen-bond donors (Lipinski definition) is 3. The zero-order valence-electron chi connectivity index (χ0n) is 24.8. The van der Waals surface area contributed by atoms with Crippen molar-refractivity contribution in [1.29, 1.82) is 0 Å². The highest BCUT2D eigenvalue weighted by molar-refractivity contribution is 6.45. The first-order chi connectivity index (χ1) is 17.5. The lowest BCUT2D eigenvalue weighted by molar-refractivity contribution is -0.196.